The van der Waals surface area contributed by atoms with E-state index in [0.717, 1.165) is 5.56 Å². The Morgan fingerprint density at radius 3 is 2.44 bits per heavy atom. The molecule has 0 spiro atoms. The molecule has 0 aliphatic rings. The standard InChI is InChI=1S/C20H20N4O3/c1-26-15-8-10-18(27-2)17(12-15)22-19-11-9-16(23-24-19)20(25)21-13-14-6-4-3-5-7-14/h3-12H,13H2,1-2H3,(H,21,25)(H,22,24). The van der Waals surface area contributed by atoms with Crippen molar-refractivity contribution in [2.45, 2.75) is 6.54 Å². The Labute approximate surface area is 157 Å². The molecule has 0 fully saturated rings. The molecule has 1 heterocycles. The fourth-order valence-corrected chi connectivity index (χ4v) is 2.44. The number of anilines is 2. The smallest absolute Gasteiger partial charge is 0.272 e. The van der Waals surface area contributed by atoms with Gasteiger partial charge in [0.2, 0.25) is 0 Å². The van der Waals surface area contributed by atoms with E-state index in [9.17, 15) is 4.79 Å². The highest BCUT2D eigenvalue weighted by atomic mass is 16.5. The molecule has 0 aliphatic carbocycles. The zero-order valence-corrected chi connectivity index (χ0v) is 15.1. The number of hydrogen-bond acceptors (Lipinski definition) is 6. The Balaban J connectivity index is 1.66. The van der Waals surface area contributed by atoms with Crippen LogP contribution in [-0.2, 0) is 6.54 Å². The number of nitrogens with zero attached hydrogens (tertiary/aromatic N) is 2. The molecule has 138 valence electrons. The zero-order chi connectivity index (χ0) is 19.1. The maximum absolute atomic E-state index is 12.2. The van der Waals surface area contributed by atoms with Gasteiger partial charge < -0.3 is 20.1 Å². The highest BCUT2D eigenvalue weighted by molar-refractivity contribution is 5.92. The molecule has 0 atom stereocenters. The number of hydrogen-bond donors (Lipinski definition) is 2. The molecule has 2 N–H and O–H groups in total. The lowest BCUT2D eigenvalue weighted by atomic mass is 10.2. The van der Waals surface area contributed by atoms with Gasteiger partial charge in [0.15, 0.2) is 11.5 Å². The fourth-order valence-electron chi connectivity index (χ4n) is 2.44. The number of carbonyl (C=O) groups excluding carboxylic acids is 1. The van der Waals surface area contributed by atoms with Crippen LogP contribution in [0.2, 0.25) is 0 Å². The van der Waals surface area contributed by atoms with E-state index in [1.165, 1.54) is 0 Å². The van der Waals surface area contributed by atoms with Crippen LogP contribution in [0.5, 0.6) is 11.5 Å². The van der Waals surface area contributed by atoms with Gasteiger partial charge in [0.1, 0.15) is 11.5 Å². The number of aromatic nitrogens is 2. The van der Waals surface area contributed by atoms with E-state index in [1.807, 2.05) is 30.3 Å². The predicted octanol–water partition coefficient (Wildman–Crippen LogP) is 3.17. The second-order valence-electron chi connectivity index (χ2n) is 5.66. The zero-order valence-electron chi connectivity index (χ0n) is 15.1. The number of methoxy groups -OCH3 is 2. The number of amides is 1. The van der Waals surface area contributed by atoms with E-state index in [-0.39, 0.29) is 11.6 Å². The first-order valence-corrected chi connectivity index (χ1v) is 8.34. The van der Waals surface area contributed by atoms with E-state index < -0.39 is 0 Å². The molecule has 7 nitrogen and oxygen atoms in total. The van der Waals surface area contributed by atoms with Crippen molar-refractivity contribution in [3.63, 3.8) is 0 Å². The molecular weight excluding hydrogens is 344 g/mol. The van der Waals surface area contributed by atoms with Crippen molar-refractivity contribution in [1.29, 1.82) is 0 Å². The van der Waals surface area contributed by atoms with Gasteiger partial charge in [-0.3, -0.25) is 4.79 Å². The quantitative estimate of drug-likeness (QED) is 0.670. The molecule has 0 aliphatic heterocycles. The Hall–Kier alpha value is -3.61. The number of nitrogens with one attached hydrogen (secondary N) is 2. The largest absolute Gasteiger partial charge is 0.497 e. The molecule has 7 heteroatoms. The van der Waals surface area contributed by atoms with Crippen LogP contribution >= 0.6 is 0 Å². The van der Waals surface area contributed by atoms with Crippen LogP contribution in [0, 0.1) is 0 Å². The van der Waals surface area contributed by atoms with Crippen LogP contribution in [0.4, 0.5) is 11.5 Å². The van der Waals surface area contributed by atoms with Crippen LogP contribution in [0.15, 0.2) is 60.7 Å². The van der Waals surface area contributed by atoms with Crippen molar-refractivity contribution in [3.05, 3.63) is 71.9 Å². The van der Waals surface area contributed by atoms with Gasteiger partial charge in [0.05, 0.1) is 19.9 Å². The van der Waals surface area contributed by atoms with E-state index in [4.69, 9.17) is 9.47 Å². The van der Waals surface area contributed by atoms with Gasteiger partial charge in [0, 0.05) is 12.6 Å². The second kappa shape index (κ2) is 8.66. The summed E-state index contributed by atoms with van der Waals surface area (Å²) in [5.41, 5.74) is 1.95. The topological polar surface area (TPSA) is 85.4 Å². The van der Waals surface area contributed by atoms with Gasteiger partial charge in [-0.25, -0.2) is 0 Å². The van der Waals surface area contributed by atoms with E-state index in [1.54, 1.807) is 44.6 Å². The summed E-state index contributed by atoms with van der Waals surface area (Å²) in [7, 11) is 3.17. The van der Waals surface area contributed by atoms with E-state index in [0.29, 0.717) is 29.5 Å². The van der Waals surface area contributed by atoms with Crippen LogP contribution in [-0.4, -0.2) is 30.3 Å². The highest BCUT2D eigenvalue weighted by Crippen LogP contribution is 2.30. The number of benzene rings is 2. The summed E-state index contributed by atoms with van der Waals surface area (Å²) in [6.07, 6.45) is 0. The minimum Gasteiger partial charge on any atom is -0.497 e. The number of rotatable bonds is 7. The van der Waals surface area contributed by atoms with Crippen molar-refractivity contribution < 1.29 is 14.3 Å². The van der Waals surface area contributed by atoms with Crippen molar-refractivity contribution in [2.75, 3.05) is 19.5 Å². The molecule has 1 aromatic heterocycles. The van der Waals surface area contributed by atoms with Gasteiger partial charge in [-0.1, -0.05) is 30.3 Å². The molecule has 3 aromatic rings. The molecular formula is C20H20N4O3. The van der Waals surface area contributed by atoms with Crippen molar-refractivity contribution in [3.8, 4) is 11.5 Å². The third kappa shape index (κ3) is 4.72. The van der Waals surface area contributed by atoms with Crippen molar-refractivity contribution >= 4 is 17.4 Å². The lowest BCUT2D eigenvalue weighted by Gasteiger charge is -2.12. The Kier molecular flexibility index (Phi) is 5.84. The summed E-state index contributed by atoms with van der Waals surface area (Å²) in [5, 5.41) is 14.0. The third-order valence-corrected chi connectivity index (χ3v) is 3.86. The molecule has 27 heavy (non-hydrogen) atoms. The van der Waals surface area contributed by atoms with Gasteiger partial charge in [-0.2, -0.15) is 0 Å². The average molecular weight is 364 g/mol. The van der Waals surface area contributed by atoms with E-state index in [2.05, 4.69) is 20.8 Å². The van der Waals surface area contributed by atoms with E-state index >= 15 is 0 Å². The lowest BCUT2D eigenvalue weighted by molar-refractivity contribution is 0.0945. The first-order valence-electron chi connectivity index (χ1n) is 8.34. The first kappa shape index (κ1) is 18.2. The maximum atomic E-state index is 12.2. The average Bonchev–Trinajstić information content (AvgIpc) is 2.73. The Morgan fingerprint density at radius 1 is 0.963 bits per heavy atom. The van der Waals surface area contributed by atoms with Crippen LogP contribution in [0.1, 0.15) is 16.1 Å². The highest BCUT2D eigenvalue weighted by Gasteiger charge is 2.10. The SMILES string of the molecule is COc1ccc(OC)c(Nc2ccc(C(=O)NCc3ccccc3)nn2)c1. The molecule has 0 unspecified atom stereocenters. The summed E-state index contributed by atoms with van der Waals surface area (Å²) in [6.45, 7) is 0.433. The summed E-state index contributed by atoms with van der Waals surface area (Å²) in [5.74, 6) is 1.53. The summed E-state index contributed by atoms with van der Waals surface area (Å²) in [4.78, 5) is 12.2. The van der Waals surface area contributed by atoms with Crippen molar-refractivity contribution in [1.82, 2.24) is 15.5 Å². The minimum atomic E-state index is -0.281. The summed E-state index contributed by atoms with van der Waals surface area (Å²) < 4.78 is 10.5. The molecule has 1 amide bonds. The molecule has 0 saturated carbocycles. The molecule has 0 radical (unpaired) electrons. The normalized spacial score (nSPS) is 10.1. The van der Waals surface area contributed by atoms with Gasteiger partial charge in [-0.15, -0.1) is 10.2 Å². The molecule has 3 rings (SSSR count). The number of ether oxygens (including phenoxy) is 2. The van der Waals surface area contributed by atoms with Gasteiger partial charge in [-0.05, 0) is 29.8 Å². The maximum Gasteiger partial charge on any atom is 0.272 e. The fraction of sp³-hybridized carbons (Fsp3) is 0.150. The lowest BCUT2D eigenvalue weighted by Crippen LogP contribution is -2.24. The first-order chi connectivity index (χ1) is 13.2. The summed E-state index contributed by atoms with van der Waals surface area (Å²) in [6, 6.07) is 18.4. The third-order valence-electron chi connectivity index (χ3n) is 3.86. The second-order valence-corrected chi connectivity index (χ2v) is 5.66. The van der Waals surface area contributed by atoms with Crippen molar-refractivity contribution in [2.24, 2.45) is 0 Å². The van der Waals surface area contributed by atoms with Gasteiger partial charge >= 0.3 is 0 Å². The van der Waals surface area contributed by atoms with Crippen LogP contribution in [0.3, 0.4) is 0 Å². The van der Waals surface area contributed by atoms with Crippen LogP contribution in [0.25, 0.3) is 0 Å². The van der Waals surface area contributed by atoms with Crippen LogP contribution < -0.4 is 20.1 Å². The molecule has 0 bridgehead atoms. The Morgan fingerprint density at radius 2 is 1.78 bits per heavy atom. The molecule has 2 aromatic carbocycles. The monoisotopic (exact) mass is 364 g/mol. The predicted molar refractivity (Wildman–Crippen MR) is 102 cm³/mol. The minimum absolute atomic E-state index is 0.245. The Bertz CT molecular complexity index is 899. The summed E-state index contributed by atoms with van der Waals surface area (Å²) >= 11 is 0. The number of carbonyl (C=O) groups is 1. The van der Waals surface area contributed by atoms with Gasteiger partial charge in [0.25, 0.3) is 5.91 Å². The molecule has 0 saturated heterocycles.